The number of carbonyl (C=O) groups is 1. The van der Waals surface area contributed by atoms with Gasteiger partial charge in [-0.15, -0.1) is 0 Å². The van der Waals surface area contributed by atoms with E-state index in [0.717, 1.165) is 5.75 Å². The predicted molar refractivity (Wildman–Crippen MR) is 69.1 cm³/mol. The maximum Gasteiger partial charge on any atom is 0.119 e. The van der Waals surface area contributed by atoms with E-state index < -0.39 is 0 Å². The van der Waals surface area contributed by atoms with Crippen LogP contribution in [0.3, 0.4) is 0 Å². The Bertz CT molecular complexity index is 420. The molecule has 0 aliphatic heterocycles. The maximum absolute atomic E-state index is 8.00. The number of ether oxygens (including phenoxy) is 1. The summed E-state index contributed by atoms with van der Waals surface area (Å²) in [5.41, 5.74) is 2.44. The van der Waals surface area contributed by atoms with Crippen molar-refractivity contribution in [2.75, 3.05) is 0 Å². The van der Waals surface area contributed by atoms with Crippen LogP contribution >= 0.6 is 0 Å². The Balaban J connectivity index is 0.000000686. The lowest BCUT2D eigenvalue weighted by Crippen LogP contribution is -1.94. The van der Waals surface area contributed by atoms with Crippen LogP contribution in [0.25, 0.3) is 0 Å². The van der Waals surface area contributed by atoms with Crippen LogP contribution in [-0.2, 0) is 11.4 Å². The first-order valence-electron chi connectivity index (χ1n) is 5.37. The minimum Gasteiger partial charge on any atom is -0.489 e. The Hall–Kier alpha value is -2.09. The van der Waals surface area contributed by atoms with Gasteiger partial charge in [0.1, 0.15) is 19.1 Å². The molecule has 0 amide bonds. The zero-order valence-electron chi connectivity index (χ0n) is 9.93. The van der Waals surface area contributed by atoms with Gasteiger partial charge in [0.2, 0.25) is 0 Å². The second-order valence-electron chi connectivity index (χ2n) is 3.59. The summed E-state index contributed by atoms with van der Waals surface area (Å²) in [6.45, 7) is 4.70. The van der Waals surface area contributed by atoms with E-state index in [-0.39, 0.29) is 0 Å². The molecule has 2 heteroatoms. The molecule has 0 N–H and O–H groups in total. The van der Waals surface area contributed by atoms with E-state index in [0.29, 0.717) is 6.61 Å². The summed E-state index contributed by atoms with van der Waals surface area (Å²) in [6.07, 6.45) is 0. The van der Waals surface area contributed by atoms with Crippen molar-refractivity contribution < 1.29 is 9.53 Å². The molecule has 0 aliphatic rings. The molecule has 2 aromatic carbocycles. The summed E-state index contributed by atoms with van der Waals surface area (Å²) in [6, 6.07) is 18.3. The zero-order valence-corrected chi connectivity index (χ0v) is 9.93. The molecular weight excluding hydrogens is 212 g/mol. The summed E-state index contributed by atoms with van der Waals surface area (Å²) in [4.78, 5) is 8.00. The SMILES string of the molecule is C=O.Cc1ccc(OCc2ccccc2)cc1. The highest BCUT2D eigenvalue weighted by Gasteiger charge is 1.94. The molecular formula is C15H16O2. The van der Waals surface area contributed by atoms with Gasteiger partial charge in [-0.3, -0.25) is 0 Å². The van der Waals surface area contributed by atoms with Crippen molar-refractivity contribution in [2.24, 2.45) is 0 Å². The fraction of sp³-hybridized carbons (Fsp3) is 0.133. The first-order chi connectivity index (χ1) is 8.34. The van der Waals surface area contributed by atoms with Crippen LogP contribution in [0.5, 0.6) is 5.75 Å². The van der Waals surface area contributed by atoms with Gasteiger partial charge in [-0.1, -0.05) is 48.0 Å². The summed E-state index contributed by atoms with van der Waals surface area (Å²) < 4.78 is 5.65. The van der Waals surface area contributed by atoms with Crippen molar-refractivity contribution in [3.05, 3.63) is 65.7 Å². The highest BCUT2D eigenvalue weighted by molar-refractivity contribution is 5.26. The van der Waals surface area contributed by atoms with Gasteiger partial charge in [0.05, 0.1) is 0 Å². The third kappa shape index (κ3) is 4.51. The van der Waals surface area contributed by atoms with Gasteiger partial charge in [-0.25, -0.2) is 0 Å². The Morgan fingerprint density at radius 3 is 2.12 bits per heavy atom. The van der Waals surface area contributed by atoms with Crippen molar-refractivity contribution in [2.45, 2.75) is 13.5 Å². The highest BCUT2D eigenvalue weighted by Crippen LogP contribution is 2.13. The van der Waals surface area contributed by atoms with Gasteiger partial charge in [0, 0.05) is 0 Å². The van der Waals surface area contributed by atoms with Crippen LogP contribution < -0.4 is 4.74 Å². The molecule has 0 aromatic heterocycles. The third-order valence-electron chi connectivity index (χ3n) is 2.27. The average Bonchev–Trinajstić information content (AvgIpc) is 2.42. The molecule has 0 atom stereocenters. The minimum atomic E-state index is 0.629. The largest absolute Gasteiger partial charge is 0.489 e. The quantitative estimate of drug-likeness (QED) is 0.805. The second-order valence-corrected chi connectivity index (χ2v) is 3.59. The number of hydrogen-bond acceptors (Lipinski definition) is 2. The molecule has 2 rings (SSSR count). The molecule has 0 heterocycles. The number of rotatable bonds is 3. The lowest BCUT2D eigenvalue weighted by molar-refractivity contribution is -0.0979. The Labute approximate surface area is 102 Å². The van der Waals surface area contributed by atoms with E-state index in [9.17, 15) is 0 Å². The maximum atomic E-state index is 8.00. The summed E-state index contributed by atoms with van der Waals surface area (Å²) in [5, 5.41) is 0. The zero-order chi connectivity index (χ0) is 12.5. The molecule has 2 aromatic rings. The van der Waals surface area contributed by atoms with E-state index >= 15 is 0 Å². The molecule has 0 saturated heterocycles. The molecule has 0 fully saturated rings. The lowest BCUT2D eigenvalue weighted by Gasteiger charge is -2.06. The normalized spacial score (nSPS) is 9.00. The Morgan fingerprint density at radius 2 is 1.53 bits per heavy atom. The summed E-state index contributed by atoms with van der Waals surface area (Å²) >= 11 is 0. The molecule has 2 nitrogen and oxygen atoms in total. The standard InChI is InChI=1S/C14H14O.CH2O/c1-12-7-9-14(10-8-12)15-11-13-5-3-2-4-6-13;1-2/h2-10H,11H2,1H3;1H2. The van der Waals surface area contributed by atoms with Crippen molar-refractivity contribution in [3.63, 3.8) is 0 Å². The molecule has 0 radical (unpaired) electrons. The van der Waals surface area contributed by atoms with E-state index in [1.54, 1.807) is 0 Å². The average molecular weight is 228 g/mol. The van der Waals surface area contributed by atoms with Crippen molar-refractivity contribution >= 4 is 6.79 Å². The van der Waals surface area contributed by atoms with Crippen molar-refractivity contribution in [1.82, 2.24) is 0 Å². The van der Waals surface area contributed by atoms with Crippen LogP contribution in [0.1, 0.15) is 11.1 Å². The van der Waals surface area contributed by atoms with Crippen LogP contribution in [0.15, 0.2) is 54.6 Å². The first kappa shape index (κ1) is 13.0. The lowest BCUT2D eigenvalue weighted by atomic mass is 10.2. The number of hydrogen-bond donors (Lipinski definition) is 0. The fourth-order valence-corrected chi connectivity index (χ4v) is 1.38. The van der Waals surface area contributed by atoms with E-state index in [1.165, 1.54) is 11.1 Å². The van der Waals surface area contributed by atoms with Gasteiger partial charge in [0.25, 0.3) is 0 Å². The molecule has 0 bridgehead atoms. The smallest absolute Gasteiger partial charge is 0.119 e. The van der Waals surface area contributed by atoms with Gasteiger partial charge in [-0.05, 0) is 24.6 Å². The van der Waals surface area contributed by atoms with Crippen LogP contribution in [0, 0.1) is 6.92 Å². The van der Waals surface area contributed by atoms with Crippen LogP contribution in [0.2, 0.25) is 0 Å². The van der Waals surface area contributed by atoms with Crippen molar-refractivity contribution in [1.29, 1.82) is 0 Å². The predicted octanol–water partition coefficient (Wildman–Crippen LogP) is 3.39. The van der Waals surface area contributed by atoms with E-state index in [4.69, 9.17) is 9.53 Å². The Morgan fingerprint density at radius 1 is 0.941 bits per heavy atom. The van der Waals surface area contributed by atoms with Gasteiger partial charge in [-0.2, -0.15) is 0 Å². The number of benzene rings is 2. The van der Waals surface area contributed by atoms with Crippen LogP contribution in [-0.4, -0.2) is 6.79 Å². The van der Waals surface area contributed by atoms with Gasteiger partial charge in [0.15, 0.2) is 0 Å². The molecule has 0 unspecified atom stereocenters. The van der Waals surface area contributed by atoms with E-state index in [2.05, 4.69) is 31.2 Å². The second kappa shape index (κ2) is 7.23. The molecule has 0 spiro atoms. The van der Waals surface area contributed by atoms with E-state index in [1.807, 2.05) is 37.1 Å². The molecule has 0 aliphatic carbocycles. The molecule has 0 saturated carbocycles. The number of carbonyl (C=O) groups excluding carboxylic acids is 1. The van der Waals surface area contributed by atoms with Gasteiger partial charge >= 0.3 is 0 Å². The Kier molecular flexibility index (Phi) is 5.52. The monoisotopic (exact) mass is 228 g/mol. The summed E-state index contributed by atoms with van der Waals surface area (Å²) in [5.74, 6) is 0.921. The number of aryl methyl sites for hydroxylation is 1. The molecule has 88 valence electrons. The molecule has 17 heavy (non-hydrogen) atoms. The minimum absolute atomic E-state index is 0.629. The van der Waals surface area contributed by atoms with Crippen LogP contribution in [0.4, 0.5) is 0 Å². The fourth-order valence-electron chi connectivity index (χ4n) is 1.38. The van der Waals surface area contributed by atoms with Crippen molar-refractivity contribution in [3.8, 4) is 5.75 Å². The highest BCUT2D eigenvalue weighted by atomic mass is 16.5. The first-order valence-corrected chi connectivity index (χ1v) is 5.37. The van der Waals surface area contributed by atoms with Gasteiger partial charge < -0.3 is 9.53 Å². The topological polar surface area (TPSA) is 26.3 Å². The third-order valence-corrected chi connectivity index (χ3v) is 2.27. The summed E-state index contributed by atoms with van der Waals surface area (Å²) in [7, 11) is 0.